The SMILES string of the molecule is CCN(C(=O)C1CCN(C(=O)Cc2ccc(OC)cc2)CC1)c1ccccc1. The first-order valence-corrected chi connectivity index (χ1v) is 9.89. The third-order valence-electron chi connectivity index (χ3n) is 5.36. The first-order chi connectivity index (χ1) is 13.6. The lowest BCUT2D eigenvalue weighted by Crippen LogP contribution is -2.45. The number of piperidine rings is 1. The van der Waals surface area contributed by atoms with E-state index in [1.165, 1.54) is 0 Å². The molecule has 1 heterocycles. The molecular weight excluding hydrogens is 352 g/mol. The molecule has 5 heteroatoms. The van der Waals surface area contributed by atoms with Gasteiger partial charge < -0.3 is 14.5 Å². The van der Waals surface area contributed by atoms with E-state index >= 15 is 0 Å². The van der Waals surface area contributed by atoms with E-state index in [4.69, 9.17) is 4.74 Å². The molecule has 0 aliphatic carbocycles. The smallest absolute Gasteiger partial charge is 0.230 e. The number of anilines is 1. The molecule has 5 nitrogen and oxygen atoms in total. The maximum atomic E-state index is 13.0. The van der Waals surface area contributed by atoms with Gasteiger partial charge in [0.05, 0.1) is 13.5 Å². The number of carbonyl (C=O) groups excluding carboxylic acids is 2. The normalized spacial score (nSPS) is 14.6. The molecule has 0 aromatic heterocycles. The van der Waals surface area contributed by atoms with Crippen LogP contribution in [-0.2, 0) is 16.0 Å². The van der Waals surface area contributed by atoms with Gasteiger partial charge in [-0.15, -0.1) is 0 Å². The van der Waals surface area contributed by atoms with E-state index in [1.54, 1.807) is 7.11 Å². The summed E-state index contributed by atoms with van der Waals surface area (Å²) in [5.74, 6) is 1.04. The Balaban J connectivity index is 1.54. The Morgan fingerprint density at radius 3 is 2.25 bits per heavy atom. The molecule has 1 saturated heterocycles. The fraction of sp³-hybridized carbons (Fsp3) is 0.391. The van der Waals surface area contributed by atoms with Crippen LogP contribution >= 0.6 is 0 Å². The summed E-state index contributed by atoms with van der Waals surface area (Å²) in [4.78, 5) is 29.3. The molecule has 0 unspecified atom stereocenters. The van der Waals surface area contributed by atoms with Crippen LogP contribution in [0.5, 0.6) is 5.75 Å². The maximum absolute atomic E-state index is 13.0. The molecule has 0 radical (unpaired) electrons. The Bertz CT molecular complexity index is 781. The van der Waals surface area contributed by atoms with Gasteiger partial charge in [0.2, 0.25) is 11.8 Å². The number of rotatable bonds is 6. The Labute approximate surface area is 166 Å². The molecule has 28 heavy (non-hydrogen) atoms. The van der Waals surface area contributed by atoms with E-state index in [1.807, 2.05) is 71.3 Å². The third kappa shape index (κ3) is 4.71. The zero-order valence-corrected chi connectivity index (χ0v) is 16.6. The summed E-state index contributed by atoms with van der Waals surface area (Å²) in [6.45, 7) is 3.92. The van der Waals surface area contributed by atoms with Crippen molar-refractivity contribution in [3.63, 3.8) is 0 Å². The Kier molecular flexibility index (Phi) is 6.69. The first-order valence-electron chi connectivity index (χ1n) is 9.89. The van der Waals surface area contributed by atoms with Gasteiger partial charge in [-0.3, -0.25) is 9.59 Å². The molecule has 3 rings (SSSR count). The van der Waals surface area contributed by atoms with Crippen molar-refractivity contribution in [3.8, 4) is 5.75 Å². The summed E-state index contributed by atoms with van der Waals surface area (Å²) >= 11 is 0. The predicted octanol–water partition coefficient (Wildman–Crippen LogP) is 3.53. The van der Waals surface area contributed by atoms with Crippen molar-refractivity contribution in [2.45, 2.75) is 26.2 Å². The topological polar surface area (TPSA) is 49.9 Å². The summed E-state index contributed by atoms with van der Waals surface area (Å²) in [5.41, 5.74) is 1.92. The van der Waals surface area contributed by atoms with E-state index in [0.29, 0.717) is 26.1 Å². The fourth-order valence-corrected chi connectivity index (χ4v) is 3.70. The second-order valence-electron chi connectivity index (χ2n) is 7.10. The first kappa shape index (κ1) is 19.9. The van der Waals surface area contributed by atoms with Crippen LogP contribution < -0.4 is 9.64 Å². The van der Waals surface area contributed by atoms with Crippen LogP contribution in [0.4, 0.5) is 5.69 Å². The van der Waals surface area contributed by atoms with Crippen LogP contribution in [-0.4, -0.2) is 43.5 Å². The molecule has 2 aromatic carbocycles. The Morgan fingerprint density at radius 2 is 1.68 bits per heavy atom. The fourth-order valence-electron chi connectivity index (χ4n) is 3.70. The van der Waals surface area contributed by atoms with Gasteiger partial charge in [0, 0.05) is 31.2 Å². The van der Waals surface area contributed by atoms with Gasteiger partial charge in [-0.05, 0) is 49.6 Å². The van der Waals surface area contributed by atoms with Crippen LogP contribution in [0.15, 0.2) is 54.6 Å². The van der Waals surface area contributed by atoms with Gasteiger partial charge in [0.25, 0.3) is 0 Å². The van der Waals surface area contributed by atoms with Crippen LogP contribution in [0.2, 0.25) is 0 Å². The zero-order valence-electron chi connectivity index (χ0n) is 16.6. The second kappa shape index (κ2) is 9.40. The maximum Gasteiger partial charge on any atom is 0.230 e. The highest BCUT2D eigenvalue weighted by atomic mass is 16.5. The van der Waals surface area contributed by atoms with E-state index in [0.717, 1.165) is 29.8 Å². The number of para-hydroxylation sites is 1. The van der Waals surface area contributed by atoms with E-state index in [-0.39, 0.29) is 17.7 Å². The van der Waals surface area contributed by atoms with Gasteiger partial charge in [0.1, 0.15) is 5.75 Å². The van der Waals surface area contributed by atoms with Crippen molar-refractivity contribution in [2.75, 3.05) is 31.6 Å². The van der Waals surface area contributed by atoms with Crippen molar-refractivity contribution in [3.05, 3.63) is 60.2 Å². The van der Waals surface area contributed by atoms with E-state index < -0.39 is 0 Å². The van der Waals surface area contributed by atoms with Crippen molar-refractivity contribution < 1.29 is 14.3 Å². The number of hydrogen-bond acceptors (Lipinski definition) is 3. The van der Waals surface area contributed by atoms with Crippen molar-refractivity contribution in [1.29, 1.82) is 0 Å². The number of amides is 2. The van der Waals surface area contributed by atoms with Crippen molar-refractivity contribution in [1.82, 2.24) is 4.90 Å². The van der Waals surface area contributed by atoms with E-state index in [9.17, 15) is 9.59 Å². The second-order valence-corrected chi connectivity index (χ2v) is 7.10. The molecule has 2 amide bonds. The van der Waals surface area contributed by atoms with E-state index in [2.05, 4.69) is 0 Å². The minimum absolute atomic E-state index is 0.0230. The largest absolute Gasteiger partial charge is 0.497 e. The summed E-state index contributed by atoms with van der Waals surface area (Å²) in [7, 11) is 1.63. The number of benzene rings is 2. The highest BCUT2D eigenvalue weighted by Crippen LogP contribution is 2.24. The van der Waals surface area contributed by atoms with Gasteiger partial charge in [-0.25, -0.2) is 0 Å². The lowest BCUT2D eigenvalue weighted by molar-refractivity contribution is -0.134. The number of ether oxygens (including phenoxy) is 1. The van der Waals surface area contributed by atoms with Crippen LogP contribution in [0.3, 0.4) is 0 Å². The summed E-state index contributed by atoms with van der Waals surface area (Å²) in [6, 6.07) is 17.4. The predicted molar refractivity (Wildman–Crippen MR) is 110 cm³/mol. The quantitative estimate of drug-likeness (QED) is 0.770. The average molecular weight is 380 g/mol. The monoisotopic (exact) mass is 380 g/mol. The molecule has 0 atom stereocenters. The minimum atomic E-state index is -0.0230. The number of carbonyl (C=O) groups is 2. The Hall–Kier alpha value is -2.82. The van der Waals surface area contributed by atoms with Gasteiger partial charge in [0.15, 0.2) is 0 Å². The van der Waals surface area contributed by atoms with Crippen LogP contribution in [0.25, 0.3) is 0 Å². The van der Waals surface area contributed by atoms with Crippen LogP contribution in [0.1, 0.15) is 25.3 Å². The molecule has 0 N–H and O–H groups in total. The molecular formula is C23H28N2O3. The molecule has 1 fully saturated rings. The molecule has 0 spiro atoms. The van der Waals surface area contributed by atoms with Gasteiger partial charge >= 0.3 is 0 Å². The lowest BCUT2D eigenvalue weighted by Gasteiger charge is -2.34. The van der Waals surface area contributed by atoms with Crippen molar-refractivity contribution >= 4 is 17.5 Å². The molecule has 148 valence electrons. The number of likely N-dealkylation sites (tertiary alicyclic amines) is 1. The lowest BCUT2D eigenvalue weighted by atomic mass is 9.94. The minimum Gasteiger partial charge on any atom is -0.497 e. The molecule has 0 bridgehead atoms. The molecule has 1 aliphatic heterocycles. The standard InChI is InChI=1S/C23H28N2O3/c1-3-25(20-7-5-4-6-8-20)23(27)19-13-15-24(16-14-19)22(26)17-18-9-11-21(28-2)12-10-18/h4-12,19H,3,13-17H2,1-2H3. The van der Waals surface area contributed by atoms with Gasteiger partial charge in [-0.1, -0.05) is 30.3 Å². The van der Waals surface area contributed by atoms with Gasteiger partial charge in [-0.2, -0.15) is 0 Å². The van der Waals surface area contributed by atoms with Crippen LogP contribution in [0, 0.1) is 5.92 Å². The molecule has 1 aliphatic rings. The van der Waals surface area contributed by atoms with Crippen molar-refractivity contribution in [2.24, 2.45) is 5.92 Å². The summed E-state index contributed by atoms with van der Waals surface area (Å²) in [5, 5.41) is 0. The summed E-state index contributed by atoms with van der Waals surface area (Å²) < 4.78 is 5.15. The Morgan fingerprint density at radius 1 is 1.04 bits per heavy atom. The highest BCUT2D eigenvalue weighted by molar-refractivity contribution is 5.95. The zero-order chi connectivity index (χ0) is 19.9. The highest BCUT2D eigenvalue weighted by Gasteiger charge is 2.30. The third-order valence-corrected chi connectivity index (χ3v) is 5.36. The molecule has 0 saturated carbocycles. The summed E-state index contributed by atoms with van der Waals surface area (Å²) in [6.07, 6.45) is 1.82. The number of hydrogen-bond donors (Lipinski definition) is 0. The number of nitrogens with zero attached hydrogens (tertiary/aromatic N) is 2. The average Bonchev–Trinajstić information content (AvgIpc) is 2.75. The number of methoxy groups -OCH3 is 1. The molecule has 2 aromatic rings.